The third-order valence-corrected chi connectivity index (χ3v) is 2.92. The first kappa shape index (κ1) is 14.8. The number of ether oxygens (including phenoxy) is 1. The molecule has 0 aromatic heterocycles. The summed E-state index contributed by atoms with van der Waals surface area (Å²) >= 11 is 0. The number of likely N-dealkylation sites (N-methyl/N-ethyl adjacent to an activating group) is 1. The van der Waals surface area contributed by atoms with E-state index in [0.717, 1.165) is 0 Å². The molecule has 104 valence electrons. The lowest BCUT2D eigenvalue weighted by Gasteiger charge is -2.27. The Morgan fingerprint density at radius 2 is 1.89 bits per heavy atom. The Kier molecular flexibility index (Phi) is 4.21. The lowest BCUT2D eigenvalue weighted by molar-refractivity contribution is -0.142. The summed E-state index contributed by atoms with van der Waals surface area (Å²) in [5.74, 6) is -0.981. The number of carbonyl (C=O) groups is 2. The molecule has 1 aliphatic heterocycles. The van der Waals surface area contributed by atoms with Crippen molar-refractivity contribution < 1.29 is 19.4 Å². The highest BCUT2D eigenvalue weighted by Crippen LogP contribution is 2.23. The predicted octanol–water partition coefficient (Wildman–Crippen LogP) is 1.01. The Labute approximate surface area is 107 Å². The van der Waals surface area contributed by atoms with Crippen LogP contribution in [0.25, 0.3) is 0 Å². The topological polar surface area (TPSA) is 70.1 Å². The first-order chi connectivity index (χ1) is 8.11. The smallest absolute Gasteiger partial charge is 0.411 e. The van der Waals surface area contributed by atoms with E-state index >= 15 is 0 Å². The van der Waals surface area contributed by atoms with Crippen LogP contribution in [0.5, 0.6) is 0 Å². The van der Waals surface area contributed by atoms with Crippen LogP contribution in [0.1, 0.15) is 27.2 Å². The standard InChI is InChI=1S/C12H22N2O4/c1-12(2,3)18-11(17)14-7-8(13(4)5)6-9(14)10(15)16/h8-9H,6-7H2,1-5H3,(H,15,16)/t8-,9-/m0/s1. The van der Waals surface area contributed by atoms with E-state index < -0.39 is 23.7 Å². The van der Waals surface area contributed by atoms with Gasteiger partial charge >= 0.3 is 12.1 Å². The maximum atomic E-state index is 12.0. The van der Waals surface area contributed by atoms with E-state index in [4.69, 9.17) is 9.84 Å². The van der Waals surface area contributed by atoms with E-state index in [1.165, 1.54) is 4.90 Å². The largest absolute Gasteiger partial charge is 0.480 e. The van der Waals surface area contributed by atoms with E-state index in [1.54, 1.807) is 20.8 Å². The van der Waals surface area contributed by atoms with Gasteiger partial charge in [0.05, 0.1) is 0 Å². The van der Waals surface area contributed by atoms with Crippen LogP contribution >= 0.6 is 0 Å². The quantitative estimate of drug-likeness (QED) is 0.800. The van der Waals surface area contributed by atoms with Gasteiger partial charge in [-0.1, -0.05) is 0 Å². The summed E-state index contributed by atoms with van der Waals surface area (Å²) in [5, 5.41) is 9.16. The van der Waals surface area contributed by atoms with Gasteiger partial charge in [0.2, 0.25) is 0 Å². The molecule has 0 unspecified atom stereocenters. The van der Waals surface area contributed by atoms with E-state index in [0.29, 0.717) is 13.0 Å². The van der Waals surface area contributed by atoms with Crippen LogP contribution in [-0.4, -0.2) is 65.3 Å². The maximum absolute atomic E-state index is 12.0. The average molecular weight is 258 g/mol. The summed E-state index contributed by atoms with van der Waals surface area (Å²) in [4.78, 5) is 26.4. The molecule has 0 aromatic rings. The van der Waals surface area contributed by atoms with Gasteiger partial charge in [-0.25, -0.2) is 9.59 Å². The van der Waals surface area contributed by atoms with Crippen LogP contribution in [0.3, 0.4) is 0 Å². The molecule has 6 nitrogen and oxygen atoms in total. The first-order valence-electron chi connectivity index (χ1n) is 6.00. The Morgan fingerprint density at radius 3 is 2.28 bits per heavy atom. The van der Waals surface area contributed by atoms with Gasteiger partial charge in [-0.3, -0.25) is 4.90 Å². The molecule has 0 aliphatic carbocycles. The highest BCUT2D eigenvalue weighted by atomic mass is 16.6. The molecule has 1 heterocycles. The Balaban J connectivity index is 2.78. The molecule has 1 fully saturated rings. The van der Waals surface area contributed by atoms with Gasteiger partial charge in [-0.05, 0) is 41.3 Å². The summed E-state index contributed by atoms with van der Waals surface area (Å²) in [6.45, 7) is 5.68. The average Bonchev–Trinajstić information content (AvgIpc) is 2.58. The Hall–Kier alpha value is -1.30. The fourth-order valence-electron chi connectivity index (χ4n) is 1.94. The normalized spacial score (nSPS) is 24.4. The number of hydrogen-bond acceptors (Lipinski definition) is 4. The molecular weight excluding hydrogens is 236 g/mol. The van der Waals surface area contributed by atoms with E-state index in [-0.39, 0.29) is 6.04 Å². The van der Waals surface area contributed by atoms with E-state index in [2.05, 4.69) is 0 Å². The van der Waals surface area contributed by atoms with Crippen LogP contribution < -0.4 is 0 Å². The van der Waals surface area contributed by atoms with Gasteiger partial charge in [0.15, 0.2) is 0 Å². The fraction of sp³-hybridized carbons (Fsp3) is 0.833. The summed E-state index contributed by atoms with van der Waals surface area (Å²) in [7, 11) is 3.75. The van der Waals surface area contributed by atoms with Crippen molar-refractivity contribution in [2.75, 3.05) is 20.6 Å². The van der Waals surface area contributed by atoms with Crippen molar-refractivity contribution in [2.24, 2.45) is 0 Å². The number of carboxylic acids is 1. The van der Waals surface area contributed by atoms with Crippen LogP contribution in [0.2, 0.25) is 0 Å². The minimum atomic E-state index is -0.981. The molecule has 0 saturated carbocycles. The zero-order valence-electron chi connectivity index (χ0n) is 11.6. The van der Waals surface area contributed by atoms with Crippen molar-refractivity contribution >= 4 is 12.1 Å². The van der Waals surface area contributed by atoms with Crippen molar-refractivity contribution in [3.8, 4) is 0 Å². The summed E-state index contributed by atoms with van der Waals surface area (Å²) in [6, 6.07) is -0.745. The number of aliphatic carboxylic acids is 1. The third-order valence-electron chi connectivity index (χ3n) is 2.92. The molecule has 1 aliphatic rings. The lowest BCUT2D eigenvalue weighted by Crippen LogP contribution is -2.43. The summed E-state index contributed by atoms with van der Waals surface area (Å²) in [5.41, 5.74) is -0.615. The number of carbonyl (C=O) groups excluding carboxylic acids is 1. The van der Waals surface area contributed by atoms with Crippen molar-refractivity contribution in [2.45, 2.75) is 44.9 Å². The minimum Gasteiger partial charge on any atom is -0.480 e. The van der Waals surface area contributed by atoms with Crippen molar-refractivity contribution in [3.05, 3.63) is 0 Å². The Morgan fingerprint density at radius 1 is 1.33 bits per heavy atom. The molecule has 1 rings (SSSR count). The second-order valence-corrected chi connectivity index (χ2v) is 5.84. The van der Waals surface area contributed by atoms with Crippen LogP contribution in [-0.2, 0) is 9.53 Å². The van der Waals surface area contributed by atoms with Gasteiger partial charge < -0.3 is 14.7 Å². The molecule has 1 saturated heterocycles. The molecule has 0 spiro atoms. The molecule has 0 aromatic carbocycles. The number of hydrogen-bond donors (Lipinski definition) is 1. The molecule has 6 heteroatoms. The van der Waals surface area contributed by atoms with E-state index in [1.807, 2.05) is 19.0 Å². The monoisotopic (exact) mass is 258 g/mol. The highest BCUT2D eigenvalue weighted by Gasteiger charge is 2.42. The number of nitrogens with zero attached hydrogens (tertiary/aromatic N) is 2. The minimum absolute atomic E-state index is 0.0543. The molecule has 1 amide bonds. The van der Waals surface area contributed by atoms with Crippen molar-refractivity contribution in [3.63, 3.8) is 0 Å². The van der Waals surface area contributed by atoms with Crippen molar-refractivity contribution in [1.29, 1.82) is 0 Å². The highest BCUT2D eigenvalue weighted by molar-refractivity contribution is 5.81. The van der Waals surface area contributed by atoms with Gasteiger partial charge in [-0.2, -0.15) is 0 Å². The summed E-state index contributed by atoms with van der Waals surface area (Å²) < 4.78 is 5.24. The van der Waals surface area contributed by atoms with Crippen LogP contribution in [0.4, 0.5) is 4.79 Å². The number of carboxylic acid groups (broad SMARTS) is 1. The second-order valence-electron chi connectivity index (χ2n) is 5.84. The van der Waals surface area contributed by atoms with Crippen LogP contribution in [0.15, 0.2) is 0 Å². The SMILES string of the molecule is CN(C)[C@H]1C[C@@H](C(=O)O)N(C(=O)OC(C)(C)C)C1. The molecule has 0 bridgehead atoms. The zero-order valence-corrected chi connectivity index (χ0v) is 11.6. The van der Waals surface area contributed by atoms with Gasteiger partial charge in [0.25, 0.3) is 0 Å². The first-order valence-corrected chi connectivity index (χ1v) is 6.00. The van der Waals surface area contributed by atoms with Gasteiger partial charge in [-0.15, -0.1) is 0 Å². The molecule has 1 N–H and O–H groups in total. The fourth-order valence-corrected chi connectivity index (χ4v) is 1.94. The third kappa shape index (κ3) is 3.60. The van der Waals surface area contributed by atoms with Crippen molar-refractivity contribution in [1.82, 2.24) is 9.80 Å². The molecule has 0 radical (unpaired) electrons. The zero-order chi connectivity index (χ0) is 14.1. The number of amides is 1. The van der Waals surface area contributed by atoms with Gasteiger partial charge in [0, 0.05) is 12.6 Å². The summed E-state index contributed by atoms with van der Waals surface area (Å²) in [6.07, 6.45) is -0.124. The van der Waals surface area contributed by atoms with Gasteiger partial charge in [0.1, 0.15) is 11.6 Å². The molecule has 2 atom stereocenters. The maximum Gasteiger partial charge on any atom is 0.411 e. The molecule has 18 heavy (non-hydrogen) atoms. The second kappa shape index (κ2) is 5.14. The predicted molar refractivity (Wildman–Crippen MR) is 66.5 cm³/mol. The number of likely N-dealkylation sites (tertiary alicyclic amines) is 1. The Bertz CT molecular complexity index is 335. The van der Waals surface area contributed by atoms with E-state index in [9.17, 15) is 9.59 Å². The number of rotatable bonds is 2. The van der Waals surface area contributed by atoms with Crippen LogP contribution in [0, 0.1) is 0 Å². The lowest BCUT2D eigenvalue weighted by atomic mass is 10.1. The molecular formula is C12H22N2O4.